The van der Waals surface area contributed by atoms with Gasteiger partial charge in [-0.1, -0.05) is 43.3 Å². The Balaban J connectivity index is 2.16. The summed E-state index contributed by atoms with van der Waals surface area (Å²) in [4.78, 5) is 2.51. The lowest BCUT2D eigenvalue weighted by atomic mass is 10.1. The van der Waals surface area contributed by atoms with Crippen LogP contribution in [0.1, 0.15) is 37.8 Å². The summed E-state index contributed by atoms with van der Waals surface area (Å²) in [6.07, 6.45) is 2.58. The Morgan fingerprint density at radius 3 is 2.68 bits per heavy atom. The minimum Gasteiger partial charge on any atom is -0.409 e. The van der Waals surface area contributed by atoms with Crippen molar-refractivity contribution in [2.75, 3.05) is 6.54 Å². The van der Waals surface area contributed by atoms with Crippen molar-refractivity contribution < 1.29 is 5.21 Å². The van der Waals surface area contributed by atoms with Crippen LogP contribution in [0.3, 0.4) is 0 Å². The van der Waals surface area contributed by atoms with Gasteiger partial charge in [0.15, 0.2) is 5.84 Å². The molecule has 0 spiro atoms. The van der Waals surface area contributed by atoms with Gasteiger partial charge >= 0.3 is 0 Å². The summed E-state index contributed by atoms with van der Waals surface area (Å²) in [5.41, 5.74) is 7.71. The molecule has 1 fully saturated rings. The lowest BCUT2D eigenvalue weighted by molar-refractivity contribution is 0.226. The van der Waals surface area contributed by atoms with Crippen molar-refractivity contribution >= 4 is 5.84 Å². The molecule has 4 heteroatoms. The Kier molecular flexibility index (Phi) is 4.43. The van der Waals surface area contributed by atoms with Crippen molar-refractivity contribution in [3.8, 4) is 0 Å². The minimum absolute atomic E-state index is 0.191. The molecule has 1 aromatic carbocycles. The molecule has 104 valence electrons. The summed E-state index contributed by atoms with van der Waals surface area (Å²) in [5, 5.41) is 12.0. The molecule has 0 bridgehead atoms. The van der Waals surface area contributed by atoms with Gasteiger partial charge in [-0.25, -0.2) is 0 Å². The van der Waals surface area contributed by atoms with Gasteiger partial charge in [0.2, 0.25) is 0 Å². The third kappa shape index (κ3) is 3.70. The first-order valence-corrected chi connectivity index (χ1v) is 6.91. The number of rotatable bonds is 6. The smallest absolute Gasteiger partial charge is 0.170 e. The standard InChI is InChI=1S/C15H23N3O/c1-11(2)9-18(13-7-8-13)10-12-5-3-4-6-14(12)15(16)17-19/h3-6,11,13,19H,7-10H2,1-2H3,(H2,16,17). The van der Waals surface area contributed by atoms with Crippen molar-refractivity contribution in [1.82, 2.24) is 4.90 Å². The lowest BCUT2D eigenvalue weighted by Gasteiger charge is -2.25. The molecule has 1 aromatic rings. The summed E-state index contributed by atoms with van der Waals surface area (Å²) in [7, 11) is 0. The highest BCUT2D eigenvalue weighted by Gasteiger charge is 2.29. The largest absolute Gasteiger partial charge is 0.409 e. The second-order valence-electron chi connectivity index (χ2n) is 5.70. The van der Waals surface area contributed by atoms with E-state index in [1.807, 2.05) is 18.2 Å². The van der Waals surface area contributed by atoms with Crippen molar-refractivity contribution in [2.24, 2.45) is 16.8 Å². The van der Waals surface area contributed by atoms with Gasteiger partial charge in [-0.3, -0.25) is 4.90 Å². The number of oxime groups is 1. The van der Waals surface area contributed by atoms with E-state index in [4.69, 9.17) is 10.9 Å². The predicted octanol–water partition coefficient (Wildman–Crippen LogP) is 2.40. The van der Waals surface area contributed by atoms with Crippen LogP contribution in [0.15, 0.2) is 29.4 Å². The summed E-state index contributed by atoms with van der Waals surface area (Å²) >= 11 is 0. The van der Waals surface area contributed by atoms with E-state index in [1.165, 1.54) is 12.8 Å². The second kappa shape index (κ2) is 6.06. The first-order chi connectivity index (χ1) is 9.11. The molecule has 19 heavy (non-hydrogen) atoms. The van der Waals surface area contributed by atoms with Gasteiger partial charge in [0.1, 0.15) is 0 Å². The topological polar surface area (TPSA) is 61.8 Å². The zero-order valence-corrected chi connectivity index (χ0v) is 11.7. The van der Waals surface area contributed by atoms with E-state index in [0.717, 1.165) is 24.2 Å². The molecule has 1 aliphatic rings. The fourth-order valence-electron chi connectivity index (χ4n) is 2.43. The predicted molar refractivity (Wildman–Crippen MR) is 77.2 cm³/mol. The van der Waals surface area contributed by atoms with Crippen LogP contribution in [0, 0.1) is 5.92 Å². The van der Waals surface area contributed by atoms with Gasteiger partial charge in [0.05, 0.1) is 0 Å². The van der Waals surface area contributed by atoms with Gasteiger partial charge in [-0.15, -0.1) is 0 Å². The molecule has 4 nitrogen and oxygen atoms in total. The molecule has 0 atom stereocenters. The van der Waals surface area contributed by atoms with Crippen LogP contribution in [0.5, 0.6) is 0 Å². The second-order valence-corrected chi connectivity index (χ2v) is 5.70. The lowest BCUT2D eigenvalue weighted by Crippen LogP contribution is -2.30. The third-order valence-corrected chi connectivity index (χ3v) is 3.44. The summed E-state index contributed by atoms with van der Waals surface area (Å²) in [6, 6.07) is 8.60. The van der Waals surface area contributed by atoms with Crippen molar-refractivity contribution in [3.05, 3.63) is 35.4 Å². The zero-order chi connectivity index (χ0) is 13.8. The van der Waals surface area contributed by atoms with Crippen LogP contribution in [0.25, 0.3) is 0 Å². The molecule has 0 radical (unpaired) electrons. The fourth-order valence-corrected chi connectivity index (χ4v) is 2.43. The monoisotopic (exact) mass is 261 g/mol. The van der Waals surface area contributed by atoms with Crippen LogP contribution in [-0.4, -0.2) is 28.5 Å². The summed E-state index contributed by atoms with van der Waals surface area (Å²) in [6.45, 7) is 6.44. The highest BCUT2D eigenvalue weighted by atomic mass is 16.4. The van der Waals surface area contributed by atoms with E-state index in [9.17, 15) is 0 Å². The summed E-state index contributed by atoms with van der Waals surface area (Å²) < 4.78 is 0. The average Bonchev–Trinajstić information content (AvgIpc) is 3.21. The zero-order valence-electron chi connectivity index (χ0n) is 11.7. The van der Waals surface area contributed by atoms with Crippen molar-refractivity contribution in [1.29, 1.82) is 0 Å². The fraction of sp³-hybridized carbons (Fsp3) is 0.533. The maximum atomic E-state index is 8.86. The van der Waals surface area contributed by atoms with E-state index in [2.05, 4.69) is 30.0 Å². The molecule has 0 aromatic heterocycles. The van der Waals surface area contributed by atoms with Gasteiger partial charge in [-0.05, 0) is 24.3 Å². The van der Waals surface area contributed by atoms with Crippen LogP contribution >= 0.6 is 0 Å². The van der Waals surface area contributed by atoms with E-state index in [0.29, 0.717) is 12.0 Å². The highest BCUT2D eigenvalue weighted by Crippen LogP contribution is 2.29. The average molecular weight is 261 g/mol. The Bertz CT molecular complexity index is 452. The van der Waals surface area contributed by atoms with Crippen LogP contribution in [0.4, 0.5) is 0 Å². The number of amidine groups is 1. The van der Waals surface area contributed by atoms with E-state index >= 15 is 0 Å². The molecule has 1 saturated carbocycles. The summed E-state index contributed by atoms with van der Waals surface area (Å²) in [5.74, 6) is 0.840. The maximum absolute atomic E-state index is 8.86. The van der Waals surface area contributed by atoms with E-state index in [-0.39, 0.29) is 5.84 Å². The highest BCUT2D eigenvalue weighted by molar-refractivity contribution is 5.98. The van der Waals surface area contributed by atoms with Gasteiger partial charge in [-0.2, -0.15) is 0 Å². The number of nitrogens with two attached hydrogens (primary N) is 1. The van der Waals surface area contributed by atoms with Gasteiger partial charge in [0.25, 0.3) is 0 Å². The molecule has 0 saturated heterocycles. The Hall–Kier alpha value is -1.55. The number of hydrogen-bond acceptors (Lipinski definition) is 3. The molecule has 0 heterocycles. The Labute approximate surface area is 114 Å². The first kappa shape index (κ1) is 13.9. The van der Waals surface area contributed by atoms with Crippen molar-refractivity contribution in [3.63, 3.8) is 0 Å². The molecular weight excluding hydrogens is 238 g/mol. The molecule has 0 unspecified atom stereocenters. The Morgan fingerprint density at radius 1 is 1.42 bits per heavy atom. The molecule has 3 N–H and O–H groups in total. The molecule has 2 rings (SSSR count). The maximum Gasteiger partial charge on any atom is 0.170 e. The van der Waals surface area contributed by atoms with Gasteiger partial charge < -0.3 is 10.9 Å². The van der Waals surface area contributed by atoms with Gasteiger partial charge in [0, 0.05) is 24.7 Å². The van der Waals surface area contributed by atoms with E-state index < -0.39 is 0 Å². The van der Waals surface area contributed by atoms with E-state index in [1.54, 1.807) is 0 Å². The molecule has 0 aliphatic heterocycles. The Morgan fingerprint density at radius 2 is 2.11 bits per heavy atom. The van der Waals surface area contributed by atoms with Crippen LogP contribution in [0.2, 0.25) is 0 Å². The number of nitrogens with zero attached hydrogens (tertiary/aromatic N) is 2. The molecular formula is C15H23N3O. The van der Waals surface area contributed by atoms with Crippen LogP contribution in [-0.2, 0) is 6.54 Å². The minimum atomic E-state index is 0.191. The quantitative estimate of drug-likeness (QED) is 0.358. The van der Waals surface area contributed by atoms with Crippen LogP contribution < -0.4 is 5.73 Å². The van der Waals surface area contributed by atoms with Crippen molar-refractivity contribution in [2.45, 2.75) is 39.3 Å². The first-order valence-electron chi connectivity index (χ1n) is 6.91. The number of benzene rings is 1. The third-order valence-electron chi connectivity index (χ3n) is 3.44. The molecule has 0 amide bonds. The normalized spacial score (nSPS) is 16.3. The SMILES string of the molecule is CC(C)CN(Cc1ccccc1/C(N)=N/O)C1CC1. The molecule has 1 aliphatic carbocycles. The number of hydrogen-bond donors (Lipinski definition) is 2.